The van der Waals surface area contributed by atoms with Crippen molar-refractivity contribution in [1.82, 2.24) is 0 Å². The molecule has 2 unspecified atom stereocenters. The summed E-state index contributed by atoms with van der Waals surface area (Å²) < 4.78 is 0. The first-order valence-electron chi connectivity index (χ1n) is 23.4. The van der Waals surface area contributed by atoms with Gasteiger partial charge in [0, 0.05) is 11.3 Å². The summed E-state index contributed by atoms with van der Waals surface area (Å²) in [5.74, 6) is 3.27. The molecule has 0 nitrogen and oxygen atoms in total. The molecular formula is C62H50. The summed E-state index contributed by atoms with van der Waals surface area (Å²) in [4.78, 5) is 0. The Labute approximate surface area is 366 Å². The zero-order chi connectivity index (χ0) is 40.9. The number of benzene rings is 8. The van der Waals surface area contributed by atoms with Gasteiger partial charge in [0.15, 0.2) is 0 Å². The van der Waals surface area contributed by atoms with Crippen LogP contribution in [0.25, 0.3) is 44.5 Å². The lowest BCUT2D eigenvalue weighted by Crippen LogP contribution is -2.55. The fraction of sp³-hybridized carbons (Fsp3) is 0.226. The van der Waals surface area contributed by atoms with Crippen LogP contribution in [0, 0.1) is 37.5 Å². The van der Waals surface area contributed by atoms with Gasteiger partial charge in [-0.25, -0.2) is 0 Å². The van der Waals surface area contributed by atoms with Crippen molar-refractivity contribution < 1.29 is 0 Å². The summed E-state index contributed by atoms with van der Waals surface area (Å²) in [6, 6.07) is 69.0. The van der Waals surface area contributed by atoms with Gasteiger partial charge in [-0.1, -0.05) is 187 Å². The van der Waals surface area contributed by atoms with Gasteiger partial charge in [-0.2, -0.15) is 0 Å². The van der Waals surface area contributed by atoms with Crippen molar-refractivity contribution in [2.24, 2.45) is 23.7 Å². The van der Waals surface area contributed by atoms with E-state index >= 15 is 0 Å². The van der Waals surface area contributed by atoms with Gasteiger partial charge in [-0.3, -0.25) is 0 Å². The predicted octanol–water partition coefficient (Wildman–Crippen LogP) is 15.2. The van der Waals surface area contributed by atoms with Gasteiger partial charge in [-0.15, -0.1) is 0 Å². The molecule has 0 saturated heterocycles. The summed E-state index contributed by atoms with van der Waals surface area (Å²) >= 11 is 0. The molecule has 8 aromatic rings. The minimum absolute atomic E-state index is 0.00248. The number of rotatable bonds is 4. The zero-order valence-electron chi connectivity index (χ0n) is 35.7. The minimum atomic E-state index is -0.404. The van der Waals surface area contributed by atoms with Gasteiger partial charge in [-0.05, 0) is 164 Å². The molecule has 8 aromatic carbocycles. The summed E-state index contributed by atoms with van der Waals surface area (Å²) in [5, 5.41) is 0. The second kappa shape index (κ2) is 12.7. The highest BCUT2D eigenvalue weighted by Crippen LogP contribution is 2.71. The van der Waals surface area contributed by atoms with Crippen molar-refractivity contribution in [1.29, 1.82) is 0 Å². The maximum absolute atomic E-state index is 2.58. The van der Waals surface area contributed by atoms with Gasteiger partial charge in [0.1, 0.15) is 0 Å². The molecule has 0 heteroatoms. The molecule has 7 aliphatic rings. The lowest BCUT2D eigenvalue weighted by Gasteiger charge is -2.61. The highest BCUT2D eigenvalue weighted by Gasteiger charge is 2.62. The monoisotopic (exact) mass is 794 g/mol. The lowest BCUT2D eigenvalue weighted by atomic mass is 9.43. The Kier molecular flexibility index (Phi) is 7.23. The fourth-order valence-electron chi connectivity index (χ4n) is 15.3. The quantitative estimate of drug-likeness (QED) is 0.156. The lowest BCUT2D eigenvalue weighted by molar-refractivity contribution is -0.0399. The highest BCUT2D eigenvalue weighted by atomic mass is 14.6. The number of hydrogen-bond donors (Lipinski definition) is 0. The zero-order valence-corrected chi connectivity index (χ0v) is 35.7. The second-order valence-corrected chi connectivity index (χ2v) is 20.1. The molecule has 0 amide bonds. The summed E-state index contributed by atoms with van der Waals surface area (Å²) in [6.45, 7) is 4.51. The van der Waals surface area contributed by atoms with Gasteiger partial charge in [0.25, 0.3) is 0 Å². The van der Waals surface area contributed by atoms with Crippen LogP contribution in [0.5, 0.6) is 0 Å². The maximum atomic E-state index is 2.58. The van der Waals surface area contributed by atoms with E-state index in [0.29, 0.717) is 0 Å². The van der Waals surface area contributed by atoms with Crippen LogP contribution in [0.1, 0.15) is 99.2 Å². The average Bonchev–Trinajstić information content (AvgIpc) is 3.88. The summed E-state index contributed by atoms with van der Waals surface area (Å²) in [5.41, 5.74) is 26.5. The third-order valence-corrected chi connectivity index (χ3v) is 17.1. The van der Waals surface area contributed by atoms with Crippen LogP contribution in [-0.2, 0) is 10.8 Å². The maximum Gasteiger partial charge on any atom is 0.0725 e. The molecule has 15 rings (SSSR count). The van der Waals surface area contributed by atoms with E-state index in [-0.39, 0.29) is 11.3 Å². The Morgan fingerprint density at radius 3 is 1.71 bits per heavy atom. The first kappa shape index (κ1) is 35.4. The van der Waals surface area contributed by atoms with Gasteiger partial charge in [0.2, 0.25) is 0 Å². The third-order valence-electron chi connectivity index (χ3n) is 17.1. The van der Waals surface area contributed by atoms with E-state index in [2.05, 4.69) is 190 Å². The van der Waals surface area contributed by atoms with Gasteiger partial charge in [0.05, 0.1) is 5.41 Å². The molecular weight excluding hydrogens is 745 g/mol. The molecule has 0 aromatic heterocycles. The Morgan fingerprint density at radius 1 is 0.387 bits per heavy atom. The van der Waals surface area contributed by atoms with Crippen molar-refractivity contribution >= 4 is 0 Å². The first-order valence-corrected chi connectivity index (χ1v) is 23.4. The number of hydrogen-bond acceptors (Lipinski definition) is 0. The molecule has 298 valence electrons. The van der Waals surface area contributed by atoms with E-state index in [0.717, 1.165) is 23.7 Å². The van der Waals surface area contributed by atoms with Crippen LogP contribution < -0.4 is 0 Å². The molecule has 2 atom stereocenters. The smallest absolute Gasteiger partial charge is 0.0622 e. The molecule has 62 heavy (non-hydrogen) atoms. The van der Waals surface area contributed by atoms with E-state index in [9.17, 15) is 0 Å². The van der Waals surface area contributed by atoms with E-state index in [1.165, 1.54) is 127 Å². The molecule has 7 aliphatic carbocycles. The minimum Gasteiger partial charge on any atom is -0.0622 e. The predicted molar refractivity (Wildman–Crippen MR) is 255 cm³/mol. The van der Waals surface area contributed by atoms with Crippen molar-refractivity contribution in [2.75, 3.05) is 0 Å². The van der Waals surface area contributed by atoms with Crippen molar-refractivity contribution in [2.45, 2.75) is 62.7 Å². The topological polar surface area (TPSA) is 0 Å². The molecule has 0 N–H and O–H groups in total. The van der Waals surface area contributed by atoms with Crippen molar-refractivity contribution in [3.8, 4) is 44.5 Å². The first-order chi connectivity index (χ1) is 30.5. The van der Waals surface area contributed by atoms with Crippen molar-refractivity contribution in [3.63, 3.8) is 0 Å². The van der Waals surface area contributed by atoms with E-state index in [1.807, 2.05) is 0 Å². The van der Waals surface area contributed by atoms with E-state index in [4.69, 9.17) is 0 Å². The van der Waals surface area contributed by atoms with Crippen LogP contribution in [-0.4, -0.2) is 0 Å². The molecule has 2 spiro atoms. The van der Waals surface area contributed by atoms with Crippen LogP contribution in [0.4, 0.5) is 0 Å². The largest absolute Gasteiger partial charge is 0.0725 e. The van der Waals surface area contributed by atoms with E-state index in [1.54, 1.807) is 11.1 Å². The SMILES string of the molecule is Cc1ccc2c(c1)-c1ccc(C)cc1C21c2ccccc2-c2c(C(c3cccc(-c4ccccc4)c3)c3cccc4c3-c3ccccc3C43C4CC5CC(C4)CC3C5)cccc21. The number of fused-ring (bicyclic) bond motifs is 13. The van der Waals surface area contributed by atoms with E-state index < -0.39 is 5.41 Å². The van der Waals surface area contributed by atoms with Gasteiger partial charge < -0.3 is 0 Å². The fourth-order valence-corrected chi connectivity index (χ4v) is 15.3. The molecule has 4 saturated carbocycles. The molecule has 0 heterocycles. The average molecular weight is 795 g/mol. The molecule has 4 bridgehead atoms. The highest BCUT2D eigenvalue weighted by molar-refractivity contribution is 5.97. The van der Waals surface area contributed by atoms with Gasteiger partial charge >= 0.3 is 0 Å². The van der Waals surface area contributed by atoms with Crippen LogP contribution in [0.15, 0.2) is 176 Å². The van der Waals surface area contributed by atoms with Crippen LogP contribution in [0.3, 0.4) is 0 Å². The Morgan fingerprint density at radius 2 is 0.952 bits per heavy atom. The van der Waals surface area contributed by atoms with Crippen molar-refractivity contribution in [3.05, 3.63) is 237 Å². The Bertz CT molecular complexity index is 3150. The molecule has 0 aliphatic heterocycles. The Balaban J connectivity index is 1.08. The van der Waals surface area contributed by atoms with Crippen LogP contribution >= 0.6 is 0 Å². The molecule has 4 fully saturated rings. The standard InChI is InChI=1S/C62H50/c1-37-26-28-54-51(29-37)46-27-25-38(2)30-57(46)62(54)53-22-9-7-18-48(53)60-50(20-12-24-56(60)62)58(43-16-10-15-42(36-43)41-13-4-3-5-14-41)49-19-11-23-55-59(49)47-17-6-8-21-52(47)61(55)44-32-39-31-40(34-44)35-45(61)33-39/h3-30,36,39-40,44-45,58H,31-35H2,1-2H3. The third kappa shape index (κ3) is 4.43. The molecule has 0 radical (unpaired) electrons. The Hall–Kier alpha value is -6.24. The normalized spacial score (nSPS) is 25.3. The second-order valence-electron chi connectivity index (χ2n) is 20.1. The number of aryl methyl sites for hydroxylation is 2. The summed E-state index contributed by atoms with van der Waals surface area (Å²) in [7, 11) is 0. The summed E-state index contributed by atoms with van der Waals surface area (Å²) in [6.07, 6.45) is 7.02. The van der Waals surface area contributed by atoms with Crippen LogP contribution in [0.2, 0.25) is 0 Å².